The second kappa shape index (κ2) is 4.51. The Labute approximate surface area is 119 Å². The van der Waals surface area contributed by atoms with Gasteiger partial charge < -0.3 is 10.3 Å². The highest BCUT2D eigenvalue weighted by Crippen LogP contribution is 2.40. The van der Waals surface area contributed by atoms with Crippen molar-refractivity contribution in [2.75, 3.05) is 11.9 Å². The van der Waals surface area contributed by atoms with Gasteiger partial charge in [-0.2, -0.15) is 13.2 Å². The number of H-pyrrole nitrogens is 1. The van der Waals surface area contributed by atoms with Gasteiger partial charge in [0.15, 0.2) is 0 Å². The molecule has 21 heavy (non-hydrogen) atoms. The van der Waals surface area contributed by atoms with E-state index in [1.165, 1.54) is 0 Å². The van der Waals surface area contributed by atoms with Crippen LogP contribution >= 0.6 is 0 Å². The second-order valence-electron chi connectivity index (χ2n) is 5.68. The number of benzene rings is 1. The summed E-state index contributed by atoms with van der Waals surface area (Å²) in [6.45, 7) is 4.83. The normalized spacial score (nSPS) is 22.0. The van der Waals surface area contributed by atoms with Crippen molar-refractivity contribution in [3.8, 4) is 0 Å². The van der Waals surface area contributed by atoms with Gasteiger partial charge in [0.05, 0.1) is 11.1 Å². The number of pyridine rings is 1. The molecule has 3 nitrogen and oxygen atoms in total. The zero-order valence-corrected chi connectivity index (χ0v) is 11.6. The molecule has 0 radical (unpaired) electrons. The molecular weight excluding hydrogens is 281 g/mol. The van der Waals surface area contributed by atoms with E-state index in [2.05, 4.69) is 17.2 Å². The molecule has 1 aromatic carbocycles. The number of rotatable bonds is 0. The summed E-state index contributed by atoms with van der Waals surface area (Å²) in [4.78, 5) is 13.9. The van der Waals surface area contributed by atoms with Crippen LogP contribution in [0.1, 0.15) is 30.9 Å². The zero-order valence-electron chi connectivity index (χ0n) is 11.6. The summed E-state index contributed by atoms with van der Waals surface area (Å²) in [7, 11) is 0. The molecule has 1 aliphatic heterocycles. The molecule has 0 amide bonds. The van der Waals surface area contributed by atoms with Gasteiger partial charge >= 0.3 is 6.18 Å². The van der Waals surface area contributed by atoms with Crippen molar-refractivity contribution in [1.82, 2.24) is 4.98 Å². The number of hydrogen-bond donors (Lipinski definition) is 2. The van der Waals surface area contributed by atoms with Gasteiger partial charge in [-0.15, -0.1) is 0 Å². The van der Waals surface area contributed by atoms with Crippen molar-refractivity contribution in [3.05, 3.63) is 39.7 Å². The first kappa shape index (κ1) is 14.0. The number of aromatic amines is 1. The minimum Gasteiger partial charge on any atom is -0.384 e. The molecule has 0 spiro atoms. The maximum Gasteiger partial charge on any atom is 0.417 e. The van der Waals surface area contributed by atoms with E-state index in [0.717, 1.165) is 17.8 Å². The van der Waals surface area contributed by atoms with Crippen LogP contribution in [0.25, 0.3) is 10.9 Å². The summed E-state index contributed by atoms with van der Waals surface area (Å²) in [5.74, 6) is 0.505. The molecular formula is C15H15F3N2O. The Hall–Kier alpha value is -1.98. The topological polar surface area (TPSA) is 44.9 Å². The fourth-order valence-electron chi connectivity index (χ4n) is 2.84. The van der Waals surface area contributed by atoms with E-state index in [9.17, 15) is 18.0 Å². The van der Waals surface area contributed by atoms with Gasteiger partial charge in [0, 0.05) is 23.7 Å². The fourth-order valence-corrected chi connectivity index (χ4v) is 2.84. The Kier molecular flexibility index (Phi) is 3.00. The van der Waals surface area contributed by atoms with E-state index < -0.39 is 17.3 Å². The van der Waals surface area contributed by atoms with Crippen molar-refractivity contribution >= 4 is 16.6 Å². The number of aromatic nitrogens is 1. The van der Waals surface area contributed by atoms with Crippen LogP contribution in [-0.4, -0.2) is 11.5 Å². The predicted molar refractivity (Wildman–Crippen MR) is 75.6 cm³/mol. The first-order chi connectivity index (χ1) is 9.77. The Morgan fingerprint density at radius 1 is 1.19 bits per heavy atom. The van der Waals surface area contributed by atoms with Gasteiger partial charge in [0.2, 0.25) is 5.56 Å². The number of nitrogens with one attached hydrogen (secondary N) is 2. The lowest BCUT2D eigenvalue weighted by atomic mass is 9.83. The Balaban J connectivity index is 2.34. The van der Waals surface area contributed by atoms with E-state index in [0.29, 0.717) is 12.0 Å². The maximum atomic E-state index is 13.1. The molecule has 0 aliphatic carbocycles. The molecule has 0 bridgehead atoms. The monoisotopic (exact) mass is 296 g/mol. The van der Waals surface area contributed by atoms with Crippen LogP contribution in [0, 0.1) is 5.92 Å². The average molecular weight is 296 g/mol. The molecule has 2 atom stereocenters. The molecule has 2 aromatic rings. The average Bonchev–Trinajstić information content (AvgIpc) is 2.39. The molecule has 1 unspecified atom stereocenters. The largest absolute Gasteiger partial charge is 0.417 e. The molecule has 0 fully saturated rings. The summed E-state index contributed by atoms with van der Waals surface area (Å²) in [6.07, 6.45) is -4.54. The van der Waals surface area contributed by atoms with Crippen LogP contribution in [0.4, 0.5) is 18.9 Å². The van der Waals surface area contributed by atoms with Gasteiger partial charge in [0.1, 0.15) is 0 Å². The van der Waals surface area contributed by atoms with Crippen molar-refractivity contribution in [2.45, 2.75) is 25.9 Å². The van der Waals surface area contributed by atoms with Gasteiger partial charge in [-0.3, -0.25) is 4.79 Å². The number of hydrogen-bond acceptors (Lipinski definition) is 2. The van der Waals surface area contributed by atoms with Gasteiger partial charge in [-0.05, 0) is 29.5 Å². The minimum absolute atomic E-state index is 0.0450. The third-order valence-corrected chi connectivity index (χ3v) is 4.28. The van der Waals surface area contributed by atoms with Gasteiger partial charge in [-0.1, -0.05) is 13.8 Å². The Bertz CT molecular complexity index is 764. The van der Waals surface area contributed by atoms with E-state index >= 15 is 0 Å². The highest BCUT2D eigenvalue weighted by molar-refractivity contribution is 5.87. The molecule has 2 N–H and O–H groups in total. The first-order valence-electron chi connectivity index (χ1n) is 6.79. The zero-order chi connectivity index (χ0) is 15.4. The van der Waals surface area contributed by atoms with Crippen LogP contribution < -0.4 is 10.9 Å². The molecule has 112 valence electrons. The van der Waals surface area contributed by atoms with E-state index in [1.807, 2.05) is 6.92 Å². The summed E-state index contributed by atoms with van der Waals surface area (Å²) in [5.41, 5.74) is 0.242. The van der Waals surface area contributed by atoms with Crippen molar-refractivity contribution in [1.29, 1.82) is 0 Å². The summed E-state index contributed by atoms with van der Waals surface area (Å²) in [5, 5.41) is 3.25. The number of alkyl halides is 3. The molecule has 1 aromatic heterocycles. The Morgan fingerprint density at radius 3 is 2.57 bits per heavy atom. The molecule has 0 saturated carbocycles. The van der Waals surface area contributed by atoms with Crippen LogP contribution in [0.15, 0.2) is 23.0 Å². The van der Waals surface area contributed by atoms with Crippen molar-refractivity contribution in [2.24, 2.45) is 5.92 Å². The number of fused-ring (bicyclic) bond motifs is 2. The minimum atomic E-state index is -4.54. The van der Waals surface area contributed by atoms with Crippen LogP contribution in [0.3, 0.4) is 0 Å². The number of anilines is 1. The van der Waals surface area contributed by atoms with Crippen LogP contribution in [-0.2, 0) is 6.18 Å². The SMILES string of the molecule is CC1c2cc3c(C(F)(F)F)cc(=O)[nH]c3cc2NC[C@H]1C. The summed E-state index contributed by atoms with van der Waals surface area (Å²) in [6, 6.07) is 3.78. The first-order valence-corrected chi connectivity index (χ1v) is 6.79. The van der Waals surface area contributed by atoms with E-state index in [1.54, 1.807) is 12.1 Å². The third kappa shape index (κ3) is 2.28. The Morgan fingerprint density at radius 2 is 1.90 bits per heavy atom. The predicted octanol–water partition coefficient (Wildman–Crippen LogP) is 3.71. The van der Waals surface area contributed by atoms with E-state index in [-0.39, 0.29) is 16.8 Å². The second-order valence-corrected chi connectivity index (χ2v) is 5.68. The van der Waals surface area contributed by atoms with Crippen molar-refractivity contribution < 1.29 is 13.2 Å². The summed E-state index contributed by atoms with van der Waals surface area (Å²) < 4.78 is 39.4. The smallest absolute Gasteiger partial charge is 0.384 e. The molecule has 6 heteroatoms. The fraction of sp³-hybridized carbons (Fsp3) is 0.400. The molecule has 0 saturated heterocycles. The quantitative estimate of drug-likeness (QED) is 0.778. The molecule has 1 aliphatic rings. The highest BCUT2D eigenvalue weighted by atomic mass is 19.4. The van der Waals surface area contributed by atoms with Crippen molar-refractivity contribution in [3.63, 3.8) is 0 Å². The lowest BCUT2D eigenvalue weighted by Crippen LogP contribution is -2.24. The third-order valence-electron chi connectivity index (χ3n) is 4.28. The standard InChI is InChI=1S/C15H15F3N2O/c1-7-6-19-12-5-13-10(3-9(12)8(7)2)11(15(16,17)18)4-14(21)20-13/h3-5,7-8,19H,6H2,1-2H3,(H,20,21)/t7-,8?/m1/s1. The molecule has 2 heterocycles. The molecule has 3 rings (SSSR count). The summed E-state index contributed by atoms with van der Waals surface area (Å²) >= 11 is 0. The van der Waals surface area contributed by atoms with Crippen LogP contribution in [0.5, 0.6) is 0 Å². The van der Waals surface area contributed by atoms with Gasteiger partial charge in [-0.25, -0.2) is 0 Å². The van der Waals surface area contributed by atoms with Gasteiger partial charge in [0.25, 0.3) is 0 Å². The maximum absolute atomic E-state index is 13.1. The highest BCUT2D eigenvalue weighted by Gasteiger charge is 2.34. The lowest BCUT2D eigenvalue weighted by Gasteiger charge is -2.30. The van der Waals surface area contributed by atoms with E-state index in [4.69, 9.17) is 0 Å². The lowest BCUT2D eigenvalue weighted by molar-refractivity contribution is -0.136. The number of halogens is 3. The van der Waals surface area contributed by atoms with Crippen LogP contribution in [0.2, 0.25) is 0 Å².